The molecule has 1 unspecified atom stereocenters. The van der Waals surface area contributed by atoms with Gasteiger partial charge < -0.3 is 10.6 Å². The molecule has 1 heterocycles. The maximum absolute atomic E-state index is 11.8. The minimum absolute atomic E-state index is 0.143. The van der Waals surface area contributed by atoms with Gasteiger partial charge in [-0.3, -0.25) is 4.79 Å². The monoisotopic (exact) mass is 198 g/mol. The third kappa shape index (κ3) is 2.98. The molecule has 0 aromatic heterocycles. The standard InChI is InChI=1S/C11H22N2O/c1-10(2,3)8-12-9(14)11(4)6-5-7-13-11/h13H,5-8H2,1-4H3,(H,12,14). The molecule has 0 aliphatic carbocycles. The van der Waals surface area contributed by atoms with Crippen LogP contribution in [0, 0.1) is 5.41 Å². The third-order valence-electron chi connectivity index (χ3n) is 2.65. The molecule has 1 fully saturated rings. The summed E-state index contributed by atoms with van der Waals surface area (Å²) in [7, 11) is 0. The fourth-order valence-corrected chi connectivity index (χ4v) is 1.63. The van der Waals surface area contributed by atoms with Gasteiger partial charge in [-0.15, -0.1) is 0 Å². The molecule has 1 rings (SSSR count). The van der Waals surface area contributed by atoms with Crippen LogP contribution in [-0.2, 0) is 4.79 Å². The molecule has 0 aromatic carbocycles. The molecule has 0 aromatic rings. The highest BCUT2D eigenvalue weighted by Gasteiger charge is 2.35. The molecule has 3 nitrogen and oxygen atoms in total. The van der Waals surface area contributed by atoms with E-state index in [1.807, 2.05) is 6.92 Å². The van der Waals surface area contributed by atoms with E-state index in [0.717, 1.165) is 25.9 Å². The van der Waals surface area contributed by atoms with Crippen LogP contribution in [-0.4, -0.2) is 24.5 Å². The number of carbonyl (C=O) groups is 1. The van der Waals surface area contributed by atoms with Crippen LogP contribution in [0.4, 0.5) is 0 Å². The van der Waals surface area contributed by atoms with E-state index in [1.165, 1.54) is 0 Å². The number of carbonyl (C=O) groups excluding carboxylic acids is 1. The maximum atomic E-state index is 11.8. The number of nitrogens with one attached hydrogen (secondary N) is 2. The van der Waals surface area contributed by atoms with Crippen molar-refractivity contribution in [2.75, 3.05) is 13.1 Å². The van der Waals surface area contributed by atoms with Gasteiger partial charge in [0.1, 0.15) is 0 Å². The predicted octanol–water partition coefficient (Wildman–Crippen LogP) is 1.29. The Labute approximate surface area is 86.6 Å². The Kier molecular flexibility index (Phi) is 3.20. The number of hydrogen-bond acceptors (Lipinski definition) is 2. The Morgan fingerprint density at radius 1 is 1.50 bits per heavy atom. The molecule has 0 bridgehead atoms. The summed E-state index contributed by atoms with van der Waals surface area (Å²) in [5.74, 6) is 0.143. The summed E-state index contributed by atoms with van der Waals surface area (Å²) >= 11 is 0. The van der Waals surface area contributed by atoms with Crippen molar-refractivity contribution in [3.63, 3.8) is 0 Å². The fraction of sp³-hybridized carbons (Fsp3) is 0.909. The number of rotatable bonds is 2. The molecule has 1 saturated heterocycles. The van der Waals surface area contributed by atoms with Gasteiger partial charge in [0.25, 0.3) is 0 Å². The Bertz CT molecular complexity index is 212. The molecule has 1 amide bonds. The summed E-state index contributed by atoms with van der Waals surface area (Å²) in [5, 5.41) is 6.26. The van der Waals surface area contributed by atoms with Gasteiger partial charge >= 0.3 is 0 Å². The van der Waals surface area contributed by atoms with Gasteiger partial charge in [-0.2, -0.15) is 0 Å². The highest BCUT2D eigenvalue weighted by molar-refractivity contribution is 5.86. The van der Waals surface area contributed by atoms with E-state index in [1.54, 1.807) is 0 Å². The average Bonchev–Trinajstić information content (AvgIpc) is 2.48. The lowest BCUT2D eigenvalue weighted by molar-refractivity contribution is -0.126. The molecular weight excluding hydrogens is 176 g/mol. The van der Waals surface area contributed by atoms with E-state index < -0.39 is 0 Å². The summed E-state index contributed by atoms with van der Waals surface area (Å²) in [6.45, 7) is 10.0. The number of hydrogen-bond donors (Lipinski definition) is 2. The van der Waals surface area contributed by atoms with Crippen LogP contribution in [0.15, 0.2) is 0 Å². The first-order chi connectivity index (χ1) is 6.33. The molecule has 1 aliphatic rings. The SMILES string of the molecule is CC(C)(C)CNC(=O)C1(C)CCCN1. The van der Waals surface area contributed by atoms with Crippen LogP contribution in [0.3, 0.4) is 0 Å². The van der Waals surface area contributed by atoms with Gasteiger partial charge in [-0.25, -0.2) is 0 Å². The second kappa shape index (κ2) is 3.89. The third-order valence-corrected chi connectivity index (χ3v) is 2.65. The molecule has 3 heteroatoms. The summed E-state index contributed by atoms with van der Waals surface area (Å²) in [4.78, 5) is 11.8. The maximum Gasteiger partial charge on any atom is 0.240 e. The molecule has 2 N–H and O–H groups in total. The van der Waals surface area contributed by atoms with E-state index in [2.05, 4.69) is 31.4 Å². The minimum Gasteiger partial charge on any atom is -0.354 e. The summed E-state index contributed by atoms with van der Waals surface area (Å²) < 4.78 is 0. The zero-order valence-electron chi connectivity index (χ0n) is 9.74. The van der Waals surface area contributed by atoms with Crippen LogP contribution < -0.4 is 10.6 Å². The molecule has 0 saturated carbocycles. The number of amides is 1. The second-order valence-electron chi connectivity index (χ2n) is 5.61. The first-order valence-corrected chi connectivity index (χ1v) is 5.37. The highest BCUT2D eigenvalue weighted by Crippen LogP contribution is 2.19. The van der Waals surface area contributed by atoms with Crippen molar-refractivity contribution in [2.45, 2.75) is 46.1 Å². The van der Waals surface area contributed by atoms with Crippen LogP contribution >= 0.6 is 0 Å². The van der Waals surface area contributed by atoms with Gasteiger partial charge in [0.05, 0.1) is 5.54 Å². The zero-order chi connectivity index (χ0) is 10.8. The lowest BCUT2D eigenvalue weighted by Crippen LogP contribution is -2.52. The molecule has 0 spiro atoms. The largest absolute Gasteiger partial charge is 0.354 e. The van der Waals surface area contributed by atoms with Crippen molar-refractivity contribution in [2.24, 2.45) is 5.41 Å². The van der Waals surface area contributed by atoms with Crippen molar-refractivity contribution < 1.29 is 4.79 Å². The normalized spacial score (nSPS) is 27.7. The van der Waals surface area contributed by atoms with E-state index in [-0.39, 0.29) is 16.9 Å². The van der Waals surface area contributed by atoms with Crippen LogP contribution in [0.25, 0.3) is 0 Å². The molecule has 0 radical (unpaired) electrons. The van der Waals surface area contributed by atoms with E-state index in [9.17, 15) is 4.79 Å². The summed E-state index contributed by atoms with van der Waals surface area (Å²) in [6.07, 6.45) is 2.04. The molecule has 14 heavy (non-hydrogen) atoms. The van der Waals surface area contributed by atoms with E-state index in [0.29, 0.717) is 0 Å². The zero-order valence-corrected chi connectivity index (χ0v) is 9.74. The van der Waals surface area contributed by atoms with Crippen LogP contribution in [0.2, 0.25) is 0 Å². The molecule has 1 atom stereocenters. The average molecular weight is 198 g/mol. The Morgan fingerprint density at radius 3 is 2.57 bits per heavy atom. The Balaban J connectivity index is 2.42. The van der Waals surface area contributed by atoms with Gasteiger partial charge in [-0.1, -0.05) is 20.8 Å². The molecule has 82 valence electrons. The lowest BCUT2D eigenvalue weighted by atomic mass is 9.95. The Hall–Kier alpha value is -0.570. The van der Waals surface area contributed by atoms with Crippen molar-refractivity contribution in [1.29, 1.82) is 0 Å². The second-order valence-corrected chi connectivity index (χ2v) is 5.61. The van der Waals surface area contributed by atoms with Crippen LogP contribution in [0.5, 0.6) is 0 Å². The van der Waals surface area contributed by atoms with Crippen molar-refractivity contribution in [3.8, 4) is 0 Å². The van der Waals surface area contributed by atoms with Crippen molar-refractivity contribution >= 4 is 5.91 Å². The lowest BCUT2D eigenvalue weighted by Gasteiger charge is -2.26. The summed E-state index contributed by atoms with van der Waals surface area (Å²) in [6, 6.07) is 0. The Morgan fingerprint density at radius 2 is 2.14 bits per heavy atom. The smallest absolute Gasteiger partial charge is 0.240 e. The minimum atomic E-state index is -0.328. The predicted molar refractivity (Wildman–Crippen MR) is 58.1 cm³/mol. The summed E-state index contributed by atoms with van der Waals surface area (Å²) in [5.41, 5.74) is -0.171. The topological polar surface area (TPSA) is 41.1 Å². The van der Waals surface area contributed by atoms with E-state index in [4.69, 9.17) is 0 Å². The van der Waals surface area contributed by atoms with Crippen LogP contribution in [0.1, 0.15) is 40.5 Å². The van der Waals surface area contributed by atoms with Gasteiger partial charge in [0.2, 0.25) is 5.91 Å². The van der Waals surface area contributed by atoms with Gasteiger partial charge in [0.15, 0.2) is 0 Å². The first-order valence-electron chi connectivity index (χ1n) is 5.37. The van der Waals surface area contributed by atoms with E-state index >= 15 is 0 Å². The van der Waals surface area contributed by atoms with Gasteiger partial charge in [-0.05, 0) is 31.7 Å². The first kappa shape index (κ1) is 11.5. The van der Waals surface area contributed by atoms with Crippen molar-refractivity contribution in [1.82, 2.24) is 10.6 Å². The highest BCUT2D eigenvalue weighted by atomic mass is 16.2. The van der Waals surface area contributed by atoms with Gasteiger partial charge in [0, 0.05) is 6.54 Å². The fourth-order valence-electron chi connectivity index (χ4n) is 1.63. The quantitative estimate of drug-likeness (QED) is 0.702. The molecular formula is C11H22N2O. The van der Waals surface area contributed by atoms with Crippen molar-refractivity contribution in [3.05, 3.63) is 0 Å². The molecule has 1 aliphatic heterocycles.